The van der Waals surface area contributed by atoms with E-state index in [4.69, 9.17) is 20.2 Å². The zero-order valence-electron chi connectivity index (χ0n) is 30.1. The zero-order valence-corrected chi connectivity index (χ0v) is 34.1. The van der Waals surface area contributed by atoms with Crippen LogP contribution in [0.2, 0.25) is 0 Å². The van der Waals surface area contributed by atoms with Gasteiger partial charge in [-0.3, -0.25) is 0 Å². The molecule has 0 amide bonds. The largest absolute Gasteiger partial charge is 0.378 e. The highest BCUT2D eigenvalue weighted by molar-refractivity contribution is 8.15. The van der Waals surface area contributed by atoms with E-state index in [0.717, 1.165) is 27.0 Å². The van der Waals surface area contributed by atoms with Crippen molar-refractivity contribution in [3.8, 4) is 22.8 Å². The van der Waals surface area contributed by atoms with Crippen LogP contribution in [0.5, 0.6) is 0 Å². The maximum absolute atomic E-state index is 12.5. The fraction of sp³-hybridized carbons (Fsp3) is 0.419. The van der Waals surface area contributed by atoms with Gasteiger partial charge in [0.1, 0.15) is 22.1 Å². The van der Waals surface area contributed by atoms with Crippen LogP contribution >= 0.6 is 33.4 Å². The van der Waals surface area contributed by atoms with Crippen LogP contribution in [0.25, 0.3) is 43.5 Å². The summed E-state index contributed by atoms with van der Waals surface area (Å²) in [5, 5.41) is 0. The summed E-state index contributed by atoms with van der Waals surface area (Å²) in [5.41, 5.74) is 1.87. The molecule has 8 rings (SSSR count). The minimum absolute atomic E-state index is 0.00669. The maximum Gasteiger partial charge on any atom is 0.288 e. The normalized spacial score (nSPS) is 15.1. The van der Waals surface area contributed by atoms with Crippen LogP contribution in [0.1, 0.15) is 20.3 Å². The van der Waals surface area contributed by atoms with Crippen molar-refractivity contribution in [1.82, 2.24) is 54.1 Å². The van der Waals surface area contributed by atoms with Crippen molar-refractivity contribution in [1.29, 1.82) is 0 Å². The molecule has 0 unspecified atom stereocenters. The van der Waals surface area contributed by atoms with E-state index < -0.39 is 19.1 Å². The first-order valence-electron chi connectivity index (χ1n) is 16.8. The van der Waals surface area contributed by atoms with Gasteiger partial charge in [-0.1, -0.05) is 42.9 Å². The predicted octanol–water partition coefficient (Wildman–Crippen LogP) is 3.35. The van der Waals surface area contributed by atoms with Crippen molar-refractivity contribution in [3.05, 3.63) is 37.4 Å². The summed E-state index contributed by atoms with van der Waals surface area (Å²) < 4.78 is 61.3. The maximum atomic E-state index is 12.5. The first-order valence-corrected chi connectivity index (χ1v) is 22.2. The number of sulfonamides is 1. The lowest BCUT2D eigenvalue weighted by Crippen LogP contribution is -2.36. The summed E-state index contributed by atoms with van der Waals surface area (Å²) in [4.78, 5) is 46.5. The number of morpholine rings is 2. The van der Waals surface area contributed by atoms with E-state index in [1.165, 1.54) is 33.2 Å². The topological polar surface area (TPSA) is 225 Å². The SMILES string of the molecule is CCC.CN(C)S(=O)(=O)c1nc2nc(-c3cncnc3)nc(N3CCOCC3)c2s1.O=S(=O)(Cl)c1nc2nc(-c3cncnc3)nc(N3CCOCC3)c2s1. The van der Waals surface area contributed by atoms with E-state index in [1.807, 2.05) is 4.90 Å². The van der Waals surface area contributed by atoms with Crippen LogP contribution in [-0.4, -0.2) is 138 Å². The second-order valence-corrected chi connectivity index (χ2v) is 19.0. The van der Waals surface area contributed by atoms with E-state index in [-0.39, 0.29) is 14.3 Å². The second-order valence-electron chi connectivity index (χ2n) is 11.9. The predicted molar refractivity (Wildman–Crippen MR) is 208 cm³/mol. The van der Waals surface area contributed by atoms with Gasteiger partial charge < -0.3 is 19.3 Å². The number of halogens is 1. The fourth-order valence-corrected chi connectivity index (χ4v) is 9.39. The van der Waals surface area contributed by atoms with E-state index >= 15 is 0 Å². The Kier molecular flexibility index (Phi) is 13.0. The number of anilines is 2. The van der Waals surface area contributed by atoms with Gasteiger partial charge in [0.05, 0.1) is 37.6 Å². The Bertz CT molecular complexity index is 2450. The van der Waals surface area contributed by atoms with Crippen LogP contribution in [0.4, 0.5) is 11.6 Å². The summed E-state index contributed by atoms with van der Waals surface area (Å²) in [6, 6.07) is 0. The number of rotatable bonds is 7. The Hall–Kier alpha value is -4.23. The quantitative estimate of drug-likeness (QED) is 0.210. The first kappa shape index (κ1) is 40.4. The fourth-order valence-electron chi connectivity index (χ4n) is 5.02. The number of nitrogens with zero attached hydrogens (tertiary/aromatic N) is 13. The lowest BCUT2D eigenvalue weighted by molar-refractivity contribution is 0.122. The summed E-state index contributed by atoms with van der Waals surface area (Å²) in [6.07, 6.45) is 10.5. The minimum atomic E-state index is -3.95. The standard InChI is InChI=1S/C15H17N7O3S2.C13H11ClN6O3S2.C3H8/c1-21(2)27(23,24)15-20-13-11(26-15)14(22-3-5-25-6-4-22)19-12(18-13)10-7-16-9-17-8-10;14-25(21,22)13-19-11-9(24-13)12(20-1-3-23-4-2-20)18-10(17-11)8-5-15-7-16-6-8;1-3-2/h7-9H,3-6H2,1-2H3;5-7H,1-4H2;3H2,1-2H3. The Morgan fingerprint density at radius 1 is 0.655 bits per heavy atom. The van der Waals surface area contributed by atoms with Gasteiger partial charge in [-0.15, -0.1) is 0 Å². The summed E-state index contributed by atoms with van der Waals surface area (Å²) in [7, 11) is 0.789. The highest BCUT2D eigenvalue weighted by Gasteiger charge is 2.28. The molecule has 0 saturated carbocycles. The number of thiazole rings is 2. The van der Waals surface area contributed by atoms with Gasteiger partial charge in [0.2, 0.25) is 8.68 Å². The van der Waals surface area contributed by atoms with Crippen molar-refractivity contribution in [3.63, 3.8) is 0 Å². The monoisotopic (exact) mass is 849 g/mol. The Morgan fingerprint density at radius 3 is 1.42 bits per heavy atom. The van der Waals surface area contributed by atoms with Crippen molar-refractivity contribution in [2.24, 2.45) is 0 Å². The molecule has 2 aliphatic heterocycles. The molecule has 6 aromatic heterocycles. The number of aromatic nitrogens is 10. The van der Waals surface area contributed by atoms with Crippen LogP contribution < -0.4 is 9.80 Å². The average Bonchev–Trinajstić information content (AvgIpc) is 3.85. The lowest BCUT2D eigenvalue weighted by Gasteiger charge is -2.28. The van der Waals surface area contributed by atoms with Gasteiger partial charge in [0.25, 0.3) is 19.1 Å². The van der Waals surface area contributed by atoms with E-state index in [2.05, 4.69) is 68.6 Å². The van der Waals surface area contributed by atoms with E-state index in [0.29, 0.717) is 102 Å². The molecular formula is C31H36ClN13O6S4. The molecule has 0 N–H and O–H groups in total. The summed E-state index contributed by atoms with van der Waals surface area (Å²) in [5.74, 6) is 2.04. The minimum Gasteiger partial charge on any atom is -0.378 e. The third kappa shape index (κ3) is 9.43. The first-order chi connectivity index (χ1) is 26.4. The Labute approximate surface area is 329 Å². The van der Waals surface area contributed by atoms with Crippen LogP contribution in [0.15, 0.2) is 46.1 Å². The zero-order chi connectivity index (χ0) is 39.2. The molecule has 6 aromatic rings. The van der Waals surface area contributed by atoms with Crippen LogP contribution in [0.3, 0.4) is 0 Å². The van der Waals surface area contributed by atoms with Crippen LogP contribution in [-0.2, 0) is 28.5 Å². The molecule has 2 fully saturated rings. The van der Waals surface area contributed by atoms with Gasteiger partial charge in [0.15, 0.2) is 34.6 Å². The molecule has 0 aliphatic carbocycles. The Morgan fingerprint density at radius 2 is 1.04 bits per heavy atom. The molecule has 19 nitrogen and oxygen atoms in total. The third-order valence-electron chi connectivity index (χ3n) is 7.60. The molecule has 0 aromatic carbocycles. The molecule has 0 spiro atoms. The number of hydrogen-bond donors (Lipinski definition) is 0. The molecule has 55 heavy (non-hydrogen) atoms. The molecule has 8 heterocycles. The van der Waals surface area contributed by atoms with Crippen LogP contribution in [0, 0.1) is 0 Å². The molecule has 24 heteroatoms. The number of ether oxygens (including phenoxy) is 2. The number of fused-ring (bicyclic) bond motifs is 2. The van der Waals surface area contributed by atoms with Crippen molar-refractivity contribution >= 4 is 84.8 Å². The molecule has 2 aliphatic rings. The second kappa shape index (κ2) is 17.7. The molecule has 0 radical (unpaired) electrons. The van der Waals surface area contributed by atoms with Gasteiger partial charge in [-0.2, -0.15) is 0 Å². The van der Waals surface area contributed by atoms with E-state index in [1.54, 1.807) is 24.8 Å². The molecular weight excluding hydrogens is 814 g/mol. The van der Waals surface area contributed by atoms with Crippen molar-refractivity contribution < 1.29 is 26.3 Å². The van der Waals surface area contributed by atoms with Gasteiger partial charge >= 0.3 is 0 Å². The highest BCUT2D eigenvalue weighted by atomic mass is 35.7. The van der Waals surface area contributed by atoms with Crippen molar-refractivity contribution in [2.45, 2.75) is 28.9 Å². The molecule has 292 valence electrons. The van der Waals surface area contributed by atoms with E-state index in [9.17, 15) is 16.8 Å². The highest BCUT2D eigenvalue weighted by Crippen LogP contribution is 2.36. The Balaban J connectivity index is 0.000000175. The third-order valence-corrected chi connectivity index (χ3v) is 13.8. The smallest absolute Gasteiger partial charge is 0.288 e. The number of hydrogen-bond acceptors (Lipinski definition) is 20. The molecule has 0 atom stereocenters. The van der Waals surface area contributed by atoms with Gasteiger partial charge in [0, 0.05) is 75.7 Å². The van der Waals surface area contributed by atoms with Gasteiger partial charge in [-0.25, -0.2) is 71.0 Å². The molecule has 2 saturated heterocycles. The lowest BCUT2D eigenvalue weighted by atomic mass is 10.3. The average molecular weight is 850 g/mol. The molecule has 0 bridgehead atoms. The van der Waals surface area contributed by atoms with Crippen molar-refractivity contribution in [2.75, 3.05) is 76.5 Å². The van der Waals surface area contributed by atoms with Gasteiger partial charge in [-0.05, 0) is 0 Å². The summed E-state index contributed by atoms with van der Waals surface area (Å²) in [6.45, 7) is 9.13. The summed E-state index contributed by atoms with van der Waals surface area (Å²) >= 11 is 2.04.